The number of Topliss-reactive ketones (excluding diaryl/α,β-unsaturated/α-hetero) is 1. The van der Waals surface area contributed by atoms with Crippen LogP contribution in [0.4, 0.5) is 29.1 Å². The predicted molar refractivity (Wildman–Crippen MR) is 132 cm³/mol. The van der Waals surface area contributed by atoms with Crippen molar-refractivity contribution in [2.75, 3.05) is 16.4 Å². The highest BCUT2D eigenvalue weighted by Crippen LogP contribution is 2.51. The fourth-order valence-electron chi connectivity index (χ4n) is 4.73. The van der Waals surface area contributed by atoms with Crippen LogP contribution in [0.2, 0.25) is 0 Å². The average molecular weight is 541 g/mol. The van der Waals surface area contributed by atoms with Crippen LogP contribution in [0.25, 0.3) is 0 Å². The molecule has 0 aliphatic carbocycles. The van der Waals surface area contributed by atoms with Crippen molar-refractivity contribution in [3.63, 3.8) is 0 Å². The molecule has 2 aromatic rings. The molecule has 1 saturated heterocycles. The van der Waals surface area contributed by atoms with Crippen LogP contribution >= 0.6 is 0 Å². The normalized spacial score (nSPS) is 20.1. The minimum absolute atomic E-state index is 0.0712. The Balaban J connectivity index is 1.62. The number of pyridine rings is 1. The van der Waals surface area contributed by atoms with Crippen molar-refractivity contribution < 1.29 is 35.5 Å². The molecule has 2 aliphatic heterocycles. The molecular weight excluding hydrogens is 512 g/mol. The Labute approximate surface area is 213 Å². The number of benzene rings is 1. The number of nitrogens with zero attached hydrogens (tertiary/aromatic N) is 2. The largest absolute Gasteiger partial charge is 0.461 e. The van der Waals surface area contributed by atoms with Crippen molar-refractivity contribution in [3.05, 3.63) is 59.9 Å². The molecular formula is C26H28F4N2O4S. The van der Waals surface area contributed by atoms with E-state index in [9.17, 15) is 30.8 Å². The lowest BCUT2D eigenvalue weighted by Gasteiger charge is -2.32. The van der Waals surface area contributed by atoms with Crippen LogP contribution < -0.4 is 9.64 Å². The summed E-state index contributed by atoms with van der Waals surface area (Å²) in [4.78, 5) is 19.0. The van der Waals surface area contributed by atoms with Gasteiger partial charge in [0.05, 0.1) is 17.2 Å². The van der Waals surface area contributed by atoms with Gasteiger partial charge in [-0.2, -0.15) is 17.6 Å². The molecule has 11 heteroatoms. The van der Waals surface area contributed by atoms with E-state index in [0.29, 0.717) is 29.8 Å². The molecule has 3 heterocycles. The molecule has 0 N–H and O–H groups in total. The standard InChI is InChI=1S/C26H28F4N2O4S/c1-16-24(2,3)19-13-17(21(33)15-25(4)8-11-37(34,35)12-9-25)5-6-20(19)32(16)22-14-18(7-10-31-22)36-26(29,30)23(27)28/h5-7,10,13-14,23H,1,8-9,11-12,15H2,2-4H3. The lowest BCUT2D eigenvalue weighted by atomic mass is 9.77. The number of anilines is 2. The zero-order valence-electron chi connectivity index (χ0n) is 20.7. The summed E-state index contributed by atoms with van der Waals surface area (Å²) >= 11 is 0. The Kier molecular flexibility index (Phi) is 6.67. The highest BCUT2D eigenvalue weighted by molar-refractivity contribution is 7.91. The third-order valence-corrected chi connectivity index (χ3v) is 8.95. The Morgan fingerprint density at radius 3 is 2.43 bits per heavy atom. The number of alkyl halides is 4. The molecule has 1 aromatic heterocycles. The number of hydrogen-bond acceptors (Lipinski definition) is 6. The van der Waals surface area contributed by atoms with Crippen molar-refractivity contribution in [1.82, 2.24) is 4.98 Å². The second-order valence-corrected chi connectivity index (χ2v) is 12.8. The van der Waals surface area contributed by atoms with Gasteiger partial charge in [-0.3, -0.25) is 9.69 Å². The Morgan fingerprint density at radius 1 is 1.16 bits per heavy atom. The number of aromatic nitrogens is 1. The molecule has 2 aliphatic rings. The first-order valence-corrected chi connectivity index (χ1v) is 13.6. The van der Waals surface area contributed by atoms with Crippen molar-refractivity contribution in [2.45, 2.75) is 58.0 Å². The third-order valence-electron chi connectivity index (χ3n) is 7.30. The number of ether oxygens (including phenoxy) is 1. The maximum absolute atomic E-state index is 13.4. The minimum atomic E-state index is -4.66. The fourth-order valence-corrected chi connectivity index (χ4v) is 6.54. The number of fused-ring (bicyclic) bond motifs is 1. The van der Waals surface area contributed by atoms with Crippen molar-refractivity contribution in [2.24, 2.45) is 5.41 Å². The number of carbonyl (C=O) groups excluding carboxylic acids is 1. The Hall–Kier alpha value is -2.95. The van der Waals surface area contributed by atoms with Crippen molar-refractivity contribution in [3.8, 4) is 5.75 Å². The molecule has 6 nitrogen and oxygen atoms in total. The molecule has 4 rings (SSSR count). The molecule has 200 valence electrons. The number of carbonyl (C=O) groups is 1. The van der Waals surface area contributed by atoms with E-state index in [2.05, 4.69) is 16.3 Å². The summed E-state index contributed by atoms with van der Waals surface area (Å²) in [7, 11) is -3.05. The second kappa shape index (κ2) is 9.11. The van der Waals surface area contributed by atoms with Crippen molar-refractivity contribution >= 4 is 27.1 Å². The number of rotatable bonds is 7. The minimum Gasteiger partial charge on any atom is -0.428 e. The van der Waals surface area contributed by atoms with Gasteiger partial charge in [0.15, 0.2) is 5.78 Å². The third kappa shape index (κ3) is 5.23. The Bertz CT molecular complexity index is 1340. The van der Waals surface area contributed by atoms with Crippen LogP contribution in [0.3, 0.4) is 0 Å². The van der Waals surface area contributed by atoms with Crippen LogP contribution in [0.15, 0.2) is 48.8 Å². The molecule has 0 saturated carbocycles. The van der Waals surface area contributed by atoms with Gasteiger partial charge in [0, 0.05) is 35.4 Å². The summed E-state index contributed by atoms with van der Waals surface area (Å²) in [6.45, 7) is 9.85. The van der Waals surface area contributed by atoms with Gasteiger partial charge in [0.1, 0.15) is 21.4 Å². The lowest BCUT2D eigenvalue weighted by Crippen LogP contribution is -2.33. The molecule has 1 aromatic carbocycles. The van der Waals surface area contributed by atoms with Crippen LogP contribution in [0, 0.1) is 5.41 Å². The second-order valence-electron chi connectivity index (χ2n) is 10.5. The summed E-state index contributed by atoms with van der Waals surface area (Å²) < 4.78 is 79.9. The average Bonchev–Trinajstić information content (AvgIpc) is 3.01. The predicted octanol–water partition coefficient (Wildman–Crippen LogP) is 6.05. The first kappa shape index (κ1) is 27.1. The SMILES string of the molecule is C=C1N(c2cc(OC(F)(F)C(F)F)ccn2)c2ccc(C(=O)CC3(C)CCS(=O)(=O)CC3)cc2C1(C)C. The van der Waals surface area contributed by atoms with E-state index in [1.54, 1.807) is 23.1 Å². The summed E-state index contributed by atoms with van der Waals surface area (Å²) in [5.41, 5.74) is 1.31. The van der Waals surface area contributed by atoms with Crippen molar-refractivity contribution in [1.29, 1.82) is 0 Å². The van der Waals surface area contributed by atoms with E-state index in [1.807, 2.05) is 20.8 Å². The molecule has 0 amide bonds. The molecule has 0 bridgehead atoms. The summed E-state index contributed by atoms with van der Waals surface area (Å²) in [5.74, 6) is -0.297. The quantitative estimate of drug-likeness (QED) is 0.314. The van der Waals surface area contributed by atoms with Gasteiger partial charge in [0.25, 0.3) is 0 Å². The van der Waals surface area contributed by atoms with Gasteiger partial charge in [-0.25, -0.2) is 13.4 Å². The lowest BCUT2D eigenvalue weighted by molar-refractivity contribution is -0.253. The smallest absolute Gasteiger partial charge is 0.428 e. The topological polar surface area (TPSA) is 76.6 Å². The maximum atomic E-state index is 13.4. The highest BCUT2D eigenvalue weighted by atomic mass is 32.2. The van der Waals surface area contributed by atoms with E-state index in [-0.39, 0.29) is 29.5 Å². The van der Waals surface area contributed by atoms with Crippen LogP contribution in [0.5, 0.6) is 5.75 Å². The van der Waals surface area contributed by atoms with E-state index >= 15 is 0 Å². The summed E-state index contributed by atoms with van der Waals surface area (Å²) in [6.07, 6.45) is -6.42. The van der Waals surface area contributed by atoms with E-state index in [4.69, 9.17) is 0 Å². The molecule has 0 radical (unpaired) electrons. The molecule has 0 atom stereocenters. The van der Waals surface area contributed by atoms with Gasteiger partial charge in [-0.05, 0) is 48.1 Å². The molecule has 37 heavy (non-hydrogen) atoms. The van der Waals surface area contributed by atoms with Crippen LogP contribution in [-0.2, 0) is 15.3 Å². The van der Waals surface area contributed by atoms with Gasteiger partial charge in [0.2, 0.25) is 0 Å². The monoisotopic (exact) mass is 540 g/mol. The number of halogens is 4. The Morgan fingerprint density at radius 2 is 1.81 bits per heavy atom. The fraction of sp³-hybridized carbons (Fsp3) is 0.462. The molecule has 0 spiro atoms. The van der Waals surface area contributed by atoms with Gasteiger partial charge in [-0.15, -0.1) is 0 Å². The maximum Gasteiger partial charge on any atom is 0.461 e. The van der Waals surface area contributed by atoms with E-state index in [1.165, 1.54) is 6.20 Å². The van der Waals surface area contributed by atoms with E-state index < -0.39 is 39.0 Å². The van der Waals surface area contributed by atoms with Crippen LogP contribution in [-0.4, -0.2) is 43.2 Å². The van der Waals surface area contributed by atoms with Gasteiger partial charge >= 0.3 is 12.5 Å². The summed E-state index contributed by atoms with van der Waals surface area (Å²) in [6, 6.07) is 7.31. The van der Waals surface area contributed by atoms with Gasteiger partial charge in [-0.1, -0.05) is 27.4 Å². The van der Waals surface area contributed by atoms with Crippen LogP contribution in [0.1, 0.15) is 56.0 Å². The number of sulfone groups is 1. The first-order valence-electron chi connectivity index (χ1n) is 11.7. The zero-order chi connectivity index (χ0) is 27.4. The number of hydrogen-bond donors (Lipinski definition) is 0. The highest BCUT2D eigenvalue weighted by Gasteiger charge is 2.45. The zero-order valence-corrected chi connectivity index (χ0v) is 21.5. The number of allylic oxidation sites excluding steroid dienone is 1. The summed E-state index contributed by atoms with van der Waals surface area (Å²) in [5, 5.41) is 0. The number of ketones is 1. The first-order chi connectivity index (χ1) is 17.0. The van der Waals surface area contributed by atoms with E-state index in [0.717, 1.165) is 17.7 Å². The molecule has 1 fully saturated rings. The molecule has 0 unspecified atom stereocenters. The van der Waals surface area contributed by atoms with Gasteiger partial charge < -0.3 is 4.74 Å².